The van der Waals surface area contributed by atoms with Crippen LogP contribution in [0.2, 0.25) is 5.02 Å². The first-order valence-corrected chi connectivity index (χ1v) is 13.3. The second-order valence-corrected chi connectivity index (χ2v) is 10.3. The Morgan fingerprint density at radius 2 is 1.79 bits per heavy atom. The van der Waals surface area contributed by atoms with Crippen LogP contribution in [-0.2, 0) is 4.74 Å². The molecule has 1 fully saturated rings. The van der Waals surface area contributed by atoms with Gasteiger partial charge in [-0.2, -0.15) is 0 Å². The van der Waals surface area contributed by atoms with Gasteiger partial charge in [-0.25, -0.2) is 4.98 Å². The Hall–Kier alpha value is -1.99. The van der Waals surface area contributed by atoms with E-state index in [0.29, 0.717) is 12.0 Å². The van der Waals surface area contributed by atoms with Crippen LogP contribution in [0.4, 0.5) is 5.69 Å². The molecule has 0 bridgehead atoms. The van der Waals surface area contributed by atoms with Crippen LogP contribution in [-0.4, -0.2) is 48.8 Å². The lowest BCUT2D eigenvalue weighted by molar-refractivity contribution is 0.0786. The number of likely N-dealkylation sites (N-methyl/N-ethyl adjacent to an activating group) is 1. The van der Waals surface area contributed by atoms with Crippen molar-refractivity contribution < 1.29 is 9.15 Å². The van der Waals surface area contributed by atoms with Crippen LogP contribution in [0.1, 0.15) is 45.4 Å². The van der Waals surface area contributed by atoms with Gasteiger partial charge < -0.3 is 14.5 Å². The minimum Gasteiger partial charge on any atom is -0.433 e. The SMILES string of the molecule is CCN(CCNc1ccc(-c2nc(C3CCOCC3)oc2Sc2ccc(Cl)cc2)cc1)C(C)C. The Morgan fingerprint density at radius 1 is 1.09 bits per heavy atom. The van der Waals surface area contributed by atoms with E-state index in [0.717, 1.165) is 83.5 Å². The van der Waals surface area contributed by atoms with Crippen molar-refractivity contribution in [2.24, 2.45) is 0 Å². The Balaban J connectivity index is 1.51. The Labute approximate surface area is 212 Å². The summed E-state index contributed by atoms with van der Waals surface area (Å²) in [4.78, 5) is 8.49. The first kappa shape index (κ1) is 25.1. The van der Waals surface area contributed by atoms with Gasteiger partial charge in [-0.3, -0.25) is 4.90 Å². The summed E-state index contributed by atoms with van der Waals surface area (Å²) < 4.78 is 11.9. The van der Waals surface area contributed by atoms with E-state index < -0.39 is 0 Å². The molecular formula is C27H34ClN3O2S. The summed E-state index contributed by atoms with van der Waals surface area (Å²) in [6.07, 6.45) is 1.89. The molecule has 0 spiro atoms. The molecule has 1 saturated heterocycles. The zero-order valence-electron chi connectivity index (χ0n) is 20.2. The molecule has 0 radical (unpaired) electrons. The molecule has 182 valence electrons. The standard InChI is InChI=1S/C27H34ClN3O2S/c1-4-31(19(2)3)16-15-29-23-9-5-20(6-10-23)25-27(34-24-11-7-22(28)8-12-24)33-26(30-25)21-13-17-32-18-14-21/h5-12,19,21,29H,4,13-18H2,1-3H3. The fourth-order valence-electron chi connectivity index (χ4n) is 4.17. The van der Waals surface area contributed by atoms with Crippen LogP contribution in [0.3, 0.4) is 0 Å². The van der Waals surface area contributed by atoms with Crippen LogP contribution in [0.15, 0.2) is 62.9 Å². The molecule has 7 heteroatoms. The van der Waals surface area contributed by atoms with E-state index >= 15 is 0 Å². The minimum atomic E-state index is 0.301. The normalized spacial score (nSPS) is 14.8. The summed E-state index contributed by atoms with van der Waals surface area (Å²) in [6.45, 7) is 11.2. The van der Waals surface area contributed by atoms with Gasteiger partial charge in [0.15, 0.2) is 11.0 Å². The van der Waals surface area contributed by atoms with E-state index in [1.54, 1.807) is 11.8 Å². The van der Waals surface area contributed by atoms with Crippen molar-refractivity contribution in [3.63, 3.8) is 0 Å². The highest BCUT2D eigenvalue weighted by molar-refractivity contribution is 7.99. The van der Waals surface area contributed by atoms with Gasteiger partial charge in [0.1, 0.15) is 5.69 Å². The molecule has 1 aromatic heterocycles. The maximum absolute atomic E-state index is 6.34. The van der Waals surface area contributed by atoms with Crippen molar-refractivity contribution in [2.75, 3.05) is 38.2 Å². The van der Waals surface area contributed by atoms with Crippen LogP contribution in [0.5, 0.6) is 0 Å². The van der Waals surface area contributed by atoms with E-state index in [1.165, 1.54) is 0 Å². The second-order valence-electron chi connectivity index (χ2n) is 8.86. The molecule has 2 aromatic carbocycles. The highest BCUT2D eigenvalue weighted by atomic mass is 35.5. The Bertz CT molecular complexity index is 1030. The van der Waals surface area contributed by atoms with Crippen LogP contribution < -0.4 is 5.32 Å². The first-order valence-electron chi connectivity index (χ1n) is 12.1. The number of halogens is 1. The number of nitrogens with one attached hydrogen (secondary N) is 1. The van der Waals surface area contributed by atoms with Crippen molar-refractivity contribution in [3.05, 3.63) is 59.4 Å². The number of anilines is 1. The summed E-state index contributed by atoms with van der Waals surface area (Å²) in [5.41, 5.74) is 3.06. The van der Waals surface area contributed by atoms with E-state index in [4.69, 9.17) is 25.7 Å². The highest BCUT2D eigenvalue weighted by Crippen LogP contribution is 2.40. The molecule has 1 N–H and O–H groups in total. The zero-order valence-corrected chi connectivity index (χ0v) is 21.8. The molecule has 0 atom stereocenters. The van der Waals surface area contributed by atoms with Gasteiger partial charge in [0.05, 0.1) is 0 Å². The molecule has 5 nitrogen and oxygen atoms in total. The number of nitrogens with zero attached hydrogens (tertiary/aromatic N) is 2. The molecule has 1 aliphatic heterocycles. The van der Waals surface area contributed by atoms with Crippen LogP contribution >= 0.6 is 23.4 Å². The number of oxazole rings is 1. The maximum atomic E-state index is 6.34. The van der Waals surface area contributed by atoms with Crippen LogP contribution in [0, 0.1) is 0 Å². The third kappa shape index (κ3) is 6.57. The topological polar surface area (TPSA) is 50.5 Å². The molecule has 0 saturated carbocycles. The molecule has 2 heterocycles. The Kier molecular flexibility index (Phi) is 8.95. The molecule has 0 amide bonds. The lowest BCUT2D eigenvalue weighted by Crippen LogP contribution is -2.34. The molecule has 0 aliphatic carbocycles. The predicted octanol–water partition coefficient (Wildman–Crippen LogP) is 7.18. The van der Waals surface area contributed by atoms with Crippen LogP contribution in [0.25, 0.3) is 11.3 Å². The second kappa shape index (κ2) is 12.1. The third-order valence-corrected chi connectivity index (χ3v) is 7.45. The van der Waals surface area contributed by atoms with Gasteiger partial charge in [-0.15, -0.1) is 0 Å². The Morgan fingerprint density at radius 3 is 2.44 bits per heavy atom. The average molecular weight is 500 g/mol. The molecule has 3 aromatic rings. The number of hydrogen-bond donors (Lipinski definition) is 1. The lowest BCUT2D eigenvalue weighted by Gasteiger charge is -2.24. The average Bonchev–Trinajstić information content (AvgIpc) is 3.28. The maximum Gasteiger partial charge on any atom is 0.199 e. The van der Waals surface area contributed by atoms with Crippen molar-refractivity contribution in [3.8, 4) is 11.3 Å². The number of ether oxygens (including phenoxy) is 1. The van der Waals surface area contributed by atoms with E-state index in [9.17, 15) is 0 Å². The van der Waals surface area contributed by atoms with Gasteiger partial charge >= 0.3 is 0 Å². The van der Waals surface area contributed by atoms with Gasteiger partial charge in [0.2, 0.25) is 0 Å². The van der Waals surface area contributed by atoms with Gasteiger partial charge in [-0.1, -0.05) is 30.7 Å². The summed E-state index contributed by atoms with van der Waals surface area (Å²) >= 11 is 7.66. The predicted molar refractivity (Wildman–Crippen MR) is 141 cm³/mol. The number of aromatic nitrogens is 1. The van der Waals surface area contributed by atoms with Gasteiger partial charge in [-0.05, 0) is 81.4 Å². The van der Waals surface area contributed by atoms with E-state index in [1.807, 2.05) is 24.3 Å². The summed E-state index contributed by atoms with van der Waals surface area (Å²) in [5, 5.41) is 5.09. The summed E-state index contributed by atoms with van der Waals surface area (Å²) in [6, 6.07) is 16.9. The fourth-order valence-corrected chi connectivity index (χ4v) is 5.17. The van der Waals surface area contributed by atoms with Crippen molar-refractivity contribution in [1.82, 2.24) is 9.88 Å². The molecule has 1 aliphatic rings. The zero-order chi connectivity index (χ0) is 23.9. The van der Waals surface area contributed by atoms with Crippen molar-refractivity contribution in [2.45, 2.75) is 55.6 Å². The van der Waals surface area contributed by atoms with Gasteiger partial charge in [0, 0.05) is 59.4 Å². The molecule has 4 rings (SSSR count). The van der Waals surface area contributed by atoms with Gasteiger partial charge in [0.25, 0.3) is 0 Å². The molecule has 34 heavy (non-hydrogen) atoms. The third-order valence-electron chi connectivity index (χ3n) is 6.23. The lowest BCUT2D eigenvalue weighted by atomic mass is 10.0. The smallest absolute Gasteiger partial charge is 0.199 e. The summed E-state index contributed by atoms with van der Waals surface area (Å²) in [5.74, 6) is 1.11. The monoisotopic (exact) mass is 499 g/mol. The summed E-state index contributed by atoms with van der Waals surface area (Å²) in [7, 11) is 0. The van der Waals surface area contributed by atoms with E-state index in [2.05, 4.69) is 55.3 Å². The van der Waals surface area contributed by atoms with E-state index in [-0.39, 0.29) is 0 Å². The fraction of sp³-hybridized carbons (Fsp3) is 0.444. The number of rotatable bonds is 10. The highest BCUT2D eigenvalue weighted by Gasteiger charge is 2.25. The molecular weight excluding hydrogens is 466 g/mol. The number of hydrogen-bond acceptors (Lipinski definition) is 6. The quantitative estimate of drug-likeness (QED) is 0.318. The minimum absolute atomic E-state index is 0.301. The first-order chi connectivity index (χ1) is 16.5. The largest absolute Gasteiger partial charge is 0.433 e. The number of benzene rings is 2. The van der Waals surface area contributed by atoms with Crippen molar-refractivity contribution >= 4 is 29.1 Å². The molecule has 0 unspecified atom stereocenters. The van der Waals surface area contributed by atoms with Crippen molar-refractivity contribution in [1.29, 1.82) is 0 Å².